The minimum atomic E-state index is -1.06. The highest BCUT2D eigenvalue weighted by atomic mass is 16.5. The summed E-state index contributed by atoms with van der Waals surface area (Å²) in [5.74, 6) is -0.533. The van der Waals surface area contributed by atoms with Gasteiger partial charge in [0.2, 0.25) is 0 Å². The van der Waals surface area contributed by atoms with Crippen molar-refractivity contribution in [1.29, 1.82) is 0 Å². The van der Waals surface area contributed by atoms with Crippen LogP contribution in [0.2, 0.25) is 0 Å². The maximum atomic E-state index is 12.8. The van der Waals surface area contributed by atoms with Crippen LogP contribution in [0.3, 0.4) is 0 Å². The van der Waals surface area contributed by atoms with Gasteiger partial charge in [-0.3, -0.25) is 9.89 Å². The van der Waals surface area contributed by atoms with E-state index in [4.69, 9.17) is 9.72 Å². The highest BCUT2D eigenvalue weighted by Crippen LogP contribution is 2.20. The summed E-state index contributed by atoms with van der Waals surface area (Å²) in [5.41, 5.74) is 3.32. The highest BCUT2D eigenvalue weighted by molar-refractivity contribution is 6.05. The quantitative estimate of drug-likeness (QED) is 0.224. The van der Waals surface area contributed by atoms with Crippen molar-refractivity contribution in [1.82, 2.24) is 25.4 Å². The van der Waals surface area contributed by atoms with E-state index in [2.05, 4.69) is 37.9 Å². The lowest BCUT2D eigenvalue weighted by atomic mass is 10.1. The summed E-state index contributed by atoms with van der Waals surface area (Å²) < 4.78 is 5.54. The number of carboxylic acid groups (broad SMARTS) is 1. The molecule has 0 saturated carbocycles. The lowest BCUT2D eigenvalue weighted by molar-refractivity contribution is -0.139. The normalized spacial score (nSPS) is 13.7. The monoisotopic (exact) mass is 522 g/mol. The maximum absolute atomic E-state index is 12.8. The van der Waals surface area contributed by atoms with Gasteiger partial charge in [-0.2, -0.15) is 5.10 Å². The third-order valence-corrected chi connectivity index (χ3v) is 6.89. The number of aliphatic carboxylic acids is 1. The molecule has 0 fully saturated rings. The smallest absolute Gasteiger partial charge is 0.326 e. The van der Waals surface area contributed by atoms with E-state index in [0.717, 1.165) is 62.2 Å². The minimum Gasteiger partial charge on any atom is -0.480 e. The molecule has 3 aromatic rings. The first kappa shape index (κ1) is 27.5. The van der Waals surface area contributed by atoms with Crippen molar-refractivity contribution in [3.63, 3.8) is 0 Å². The summed E-state index contributed by atoms with van der Waals surface area (Å²) in [6.45, 7) is 6.22. The van der Waals surface area contributed by atoms with Crippen LogP contribution in [0.1, 0.15) is 54.4 Å². The molecule has 10 heteroatoms. The van der Waals surface area contributed by atoms with Crippen LogP contribution in [-0.2, 0) is 22.4 Å². The Kier molecular flexibility index (Phi) is 10.1. The van der Waals surface area contributed by atoms with E-state index in [1.165, 1.54) is 5.56 Å². The Morgan fingerprint density at radius 1 is 1.16 bits per heavy atom. The number of carboxylic acids is 1. The number of benzene rings is 1. The number of hydrogen-bond acceptors (Lipinski definition) is 7. The molecule has 1 aliphatic rings. The molecule has 38 heavy (non-hydrogen) atoms. The molecular weight excluding hydrogens is 484 g/mol. The summed E-state index contributed by atoms with van der Waals surface area (Å²) >= 11 is 0. The molecule has 0 saturated heterocycles. The zero-order valence-electron chi connectivity index (χ0n) is 22.0. The Hall–Kier alpha value is -3.50. The number of aromatic amines is 1. The zero-order chi connectivity index (χ0) is 26.7. The van der Waals surface area contributed by atoms with Crippen molar-refractivity contribution in [2.24, 2.45) is 0 Å². The second-order valence-corrected chi connectivity index (χ2v) is 9.61. The van der Waals surface area contributed by atoms with Gasteiger partial charge in [0.05, 0.1) is 12.1 Å². The number of ether oxygens (including phenoxy) is 1. The first-order valence-corrected chi connectivity index (χ1v) is 13.5. The van der Waals surface area contributed by atoms with E-state index in [9.17, 15) is 14.7 Å². The molecule has 3 heterocycles. The molecule has 204 valence electrons. The maximum Gasteiger partial charge on any atom is 0.326 e. The molecule has 4 rings (SSSR count). The van der Waals surface area contributed by atoms with Crippen LogP contribution in [0.5, 0.6) is 0 Å². The molecule has 0 spiro atoms. The number of hydrogen-bond donors (Lipinski definition) is 4. The molecule has 4 N–H and O–H groups in total. The van der Waals surface area contributed by atoms with E-state index >= 15 is 0 Å². The van der Waals surface area contributed by atoms with E-state index < -0.39 is 17.9 Å². The van der Waals surface area contributed by atoms with Gasteiger partial charge >= 0.3 is 5.97 Å². The minimum absolute atomic E-state index is 0.200. The number of aryl methyl sites for hydroxylation is 2. The Morgan fingerprint density at radius 3 is 2.87 bits per heavy atom. The lowest BCUT2D eigenvalue weighted by Crippen LogP contribution is -2.43. The van der Waals surface area contributed by atoms with Crippen molar-refractivity contribution in [2.45, 2.75) is 51.5 Å². The summed E-state index contributed by atoms with van der Waals surface area (Å²) in [4.78, 5) is 31.8. The molecular formula is C28H38N6O4. The van der Waals surface area contributed by atoms with Gasteiger partial charge in [-0.15, -0.1) is 0 Å². The second-order valence-electron chi connectivity index (χ2n) is 9.61. The number of unbranched alkanes of at least 4 members (excludes halogenated alkanes) is 1. The molecule has 10 nitrogen and oxygen atoms in total. The number of nitrogens with one attached hydrogen (secondary N) is 3. The summed E-state index contributed by atoms with van der Waals surface area (Å²) in [5, 5.41) is 23.4. The van der Waals surface area contributed by atoms with Gasteiger partial charge in [0.1, 0.15) is 11.9 Å². The fourth-order valence-corrected chi connectivity index (χ4v) is 4.76. The predicted octanol–water partition coefficient (Wildman–Crippen LogP) is 3.25. The second kappa shape index (κ2) is 13.9. The average molecular weight is 523 g/mol. The van der Waals surface area contributed by atoms with Crippen LogP contribution in [0, 0.1) is 0 Å². The number of nitrogens with zero attached hydrogens (tertiary/aromatic N) is 3. The Bertz CT molecular complexity index is 1210. The Balaban J connectivity index is 1.28. The molecule has 1 aliphatic heterocycles. The number of para-hydroxylation sites is 1. The standard InChI is InChI=1S/C28H38N6O4/c1-2-38-19-18-34(16-6-5-9-21-13-12-20-8-7-15-29-26(20)30-21)17-14-24(28(36)37)31-27(35)25-22-10-3-4-11-23(22)32-33-25/h3-4,10-13,24H,2,5-9,14-19H2,1H3,(H,29,30)(H,31,35)(H,32,33)(H,36,37)/t24-/m0/s1. The topological polar surface area (TPSA) is 132 Å². The molecule has 2 aromatic heterocycles. The number of pyridine rings is 1. The van der Waals surface area contributed by atoms with Gasteiger partial charge in [0, 0.05) is 37.3 Å². The van der Waals surface area contributed by atoms with Gasteiger partial charge in [0.15, 0.2) is 5.69 Å². The van der Waals surface area contributed by atoms with Gasteiger partial charge in [-0.05, 0) is 69.7 Å². The number of anilines is 1. The van der Waals surface area contributed by atoms with Crippen LogP contribution in [0.4, 0.5) is 5.82 Å². The van der Waals surface area contributed by atoms with Crippen molar-refractivity contribution in [3.05, 3.63) is 53.3 Å². The average Bonchev–Trinajstić information content (AvgIpc) is 3.37. The SMILES string of the molecule is CCOCCN(CCCCc1ccc2c(n1)NCCC2)CC[C@H](NC(=O)c1n[nH]c2ccccc12)C(=O)O. The van der Waals surface area contributed by atoms with Crippen molar-refractivity contribution < 1.29 is 19.4 Å². The van der Waals surface area contributed by atoms with E-state index in [1.54, 1.807) is 6.07 Å². The summed E-state index contributed by atoms with van der Waals surface area (Å²) in [6.07, 6.45) is 5.37. The first-order chi connectivity index (χ1) is 18.5. The Labute approximate surface area is 223 Å². The largest absolute Gasteiger partial charge is 0.480 e. The fraction of sp³-hybridized carbons (Fsp3) is 0.500. The number of carbonyl (C=O) groups excluding carboxylic acids is 1. The molecule has 0 bridgehead atoms. The van der Waals surface area contributed by atoms with Crippen LogP contribution >= 0.6 is 0 Å². The third kappa shape index (κ3) is 7.52. The van der Waals surface area contributed by atoms with Crippen molar-refractivity contribution in [3.8, 4) is 0 Å². The molecule has 0 aliphatic carbocycles. The molecule has 0 unspecified atom stereocenters. The van der Waals surface area contributed by atoms with E-state index in [1.807, 2.05) is 25.1 Å². The molecule has 0 radical (unpaired) electrons. The van der Waals surface area contributed by atoms with Crippen LogP contribution in [0.25, 0.3) is 10.9 Å². The van der Waals surface area contributed by atoms with Gasteiger partial charge in [-0.1, -0.05) is 24.3 Å². The number of rotatable bonds is 15. The van der Waals surface area contributed by atoms with Gasteiger partial charge in [-0.25, -0.2) is 9.78 Å². The highest BCUT2D eigenvalue weighted by Gasteiger charge is 2.24. The zero-order valence-corrected chi connectivity index (χ0v) is 22.0. The number of aromatic nitrogens is 3. The number of carbonyl (C=O) groups is 2. The van der Waals surface area contributed by atoms with Gasteiger partial charge < -0.3 is 25.4 Å². The van der Waals surface area contributed by atoms with Crippen molar-refractivity contribution in [2.75, 3.05) is 44.7 Å². The van der Waals surface area contributed by atoms with Crippen LogP contribution in [-0.4, -0.2) is 82.5 Å². The Morgan fingerprint density at radius 2 is 2.03 bits per heavy atom. The molecule has 1 amide bonds. The van der Waals surface area contributed by atoms with Crippen LogP contribution < -0.4 is 10.6 Å². The number of amides is 1. The van der Waals surface area contributed by atoms with Gasteiger partial charge in [0.25, 0.3) is 5.91 Å². The van der Waals surface area contributed by atoms with Crippen molar-refractivity contribution >= 4 is 28.6 Å². The summed E-state index contributed by atoms with van der Waals surface area (Å²) in [7, 11) is 0. The molecule has 1 atom stereocenters. The van der Waals surface area contributed by atoms with Crippen LogP contribution in [0.15, 0.2) is 36.4 Å². The third-order valence-electron chi connectivity index (χ3n) is 6.89. The number of H-pyrrole nitrogens is 1. The van der Waals surface area contributed by atoms with E-state index in [0.29, 0.717) is 31.7 Å². The lowest BCUT2D eigenvalue weighted by Gasteiger charge is -2.24. The molecule has 1 aromatic carbocycles. The van der Waals surface area contributed by atoms with E-state index in [-0.39, 0.29) is 12.1 Å². The number of fused-ring (bicyclic) bond motifs is 2. The summed E-state index contributed by atoms with van der Waals surface area (Å²) in [6, 6.07) is 10.6. The fourth-order valence-electron chi connectivity index (χ4n) is 4.76. The predicted molar refractivity (Wildman–Crippen MR) is 147 cm³/mol. The first-order valence-electron chi connectivity index (χ1n) is 13.5.